The average Bonchev–Trinajstić information content (AvgIpc) is 3.33. The van der Waals surface area contributed by atoms with E-state index in [9.17, 15) is 13.6 Å². The highest BCUT2D eigenvalue weighted by atomic mass is 32.1. The molecule has 0 bridgehead atoms. The van der Waals surface area contributed by atoms with E-state index in [2.05, 4.69) is 20.0 Å². The largest absolute Gasteiger partial charge is 0.434 e. The molecule has 2 aromatic heterocycles. The molecule has 1 amide bonds. The monoisotopic (exact) mass is 431 g/mol. The number of fused-ring (bicyclic) bond motifs is 1. The molecule has 4 rings (SSSR count). The Morgan fingerprint density at radius 2 is 1.90 bits per heavy atom. The van der Waals surface area contributed by atoms with Crippen LogP contribution in [0.25, 0.3) is 21.5 Å². The molecule has 0 aliphatic rings. The van der Waals surface area contributed by atoms with Crippen molar-refractivity contribution in [2.45, 2.75) is 19.5 Å². The number of hydrogen-bond donors (Lipinski definition) is 1. The first-order valence-corrected chi connectivity index (χ1v) is 10.4. The zero-order valence-electron chi connectivity index (χ0n) is 15.0. The number of aromatic nitrogens is 2. The molecule has 9 heteroatoms. The molecule has 0 radical (unpaired) electrons. The number of anilines is 1. The molecule has 0 fully saturated rings. The van der Waals surface area contributed by atoms with Crippen LogP contribution in [0.15, 0.2) is 53.9 Å². The van der Waals surface area contributed by atoms with Gasteiger partial charge in [-0.05, 0) is 24.3 Å². The third-order valence-electron chi connectivity index (χ3n) is 4.03. The number of alkyl halides is 2. The summed E-state index contributed by atoms with van der Waals surface area (Å²) in [6, 6.07) is 14.3. The summed E-state index contributed by atoms with van der Waals surface area (Å²) in [6.45, 7) is -2.92. The number of hydrogen-bond acceptors (Lipinski definition) is 6. The van der Waals surface area contributed by atoms with E-state index in [1.807, 2.05) is 24.3 Å². The Bertz CT molecular complexity index is 1110. The summed E-state index contributed by atoms with van der Waals surface area (Å²) in [7, 11) is 0. The van der Waals surface area contributed by atoms with Crippen LogP contribution < -0.4 is 10.1 Å². The van der Waals surface area contributed by atoms with Crippen LogP contribution in [-0.4, -0.2) is 22.5 Å². The van der Waals surface area contributed by atoms with E-state index in [-0.39, 0.29) is 18.1 Å². The Labute approximate surface area is 173 Å². The summed E-state index contributed by atoms with van der Waals surface area (Å²) in [5.74, 6) is -0.135. The second kappa shape index (κ2) is 8.62. The van der Waals surface area contributed by atoms with Crippen molar-refractivity contribution in [3.8, 4) is 17.0 Å². The standard InChI is InChI=1S/C20H15F2N3O2S2/c21-19(22)27-15-7-3-1-5-12(15)14-11-28-20(24-14)25-17(26)9-10-18-23-13-6-2-4-8-16(13)29-18/h1-8,11,19H,9-10H2,(H,24,25,26). The molecular weight excluding hydrogens is 416 g/mol. The minimum atomic E-state index is -2.92. The average molecular weight is 431 g/mol. The first kappa shape index (κ1) is 19.4. The number of rotatable bonds is 7. The second-order valence-corrected chi connectivity index (χ2v) is 8.01. The van der Waals surface area contributed by atoms with E-state index in [0.717, 1.165) is 15.2 Å². The van der Waals surface area contributed by atoms with E-state index in [4.69, 9.17) is 0 Å². The summed E-state index contributed by atoms with van der Waals surface area (Å²) >= 11 is 2.80. The fourth-order valence-corrected chi connectivity index (χ4v) is 4.45. The van der Waals surface area contributed by atoms with Crippen LogP contribution in [-0.2, 0) is 11.2 Å². The van der Waals surface area contributed by atoms with Gasteiger partial charge in [0.1, 0.15) is 5.75 Å². The highest BCUT2D eigenvalue weighted by molar-refractivity contribution is 7.18. The normalized spacial score (nSPS) is 11.1. The second-order valence-electron chi connectivity index (χ2n) is 6.04. The number of para-hydroxylation sites is 2. The maximum atomic E-state index is 12.6. The fraction of sp³-hybridized carbons (Fsp3) is 0.150. The van der Waals surface area contributed by atoms with Gasteiger partial charge in [0.15, 0.2) is 5.13 Å². The van der Waals surface area contributed by atoms with Gasteiger partial charge in [0.2, 0.25) is 5.91 Å². The van der Waals surface area contributed by atoms with E-state index in [1.54, 1.807) is 34.9 Å². The number of amides is 1. The summed E-state index contributed by atoms with van der Waals surface area (Å²) < 4.78 is 30.8. The van der Waals surface area contributed by atoms with Crippen molar-refractivity contribution in [1.29, 1.82) is 0 Å². The molecule has 0 saturated carbocycles. The number of ether oxygens (including phenoxy) is 1. The lowest BCUT2D eigenvalue weighted by Crippen LogP contribution is -2.12. The number of thiazole rings is 2. The van der Waals surface area contributed by atoms with Crippen LogP contribution >= 0.6 is 22.7 Å². The van der Waals surface area contributed by atoms with Crippen LogP contribution in [0, 0.1) is 0 Å². The molecule has 2 heterocycles. The maximum Gasteiger partial charge on any atom is 0.387 e. The van der Waals surface area contributed by atoms with Gasteiger partial charge in [0.25, 0.3) is 0 Å². The Hall–Kier alpha value is -2.91. The van der Waals surface area contributed by atoms with Crippen molar-refractivity contribution in [2.24, 2.45) is 0 Å². The minimum absolute atomic E-state index is 0.0431. The van der Waals surface area contributed by atoms with Crippen molar-refractivity contribution >= 4 is 43.9 Å². The van der Waals surface area contributed by atoms with Crippen molar-refractivity contribution in [2.75, 3.05) is 5.32 Å². The van der Waals surface area contributed by atoms with Gasteiger partial charge in [-0.3, -0.25) is 4.79 Å². The number of carbonyl (C=O) groups excluding carboxylic acids is 1. The number of nitrogens with zero attached hydrogens (tertiary/aromatic N) is 2. The highest BCUT2D eigenvalue weighted by Crippen LogP contribution is 2.33. The Morgan fingerprint density at radius 1 is 1.10 bits per heavy atom. The first-order valence-electron chi connectivity index (χ1n) is 8.72. The van der Waals surface area contributed by atoms with E-state index < -0.39 is 6.61 Å². The smallest absolute Gasteiger partial charge is 0.387 e. The van der Waals surface area contributed by atoms with Gasteiger partial charge >= 0.3 is 6.61 Å². The van der Waals surface area contributed by atoms with Gasteiger partial charge in [-0.25, -0.2) is 9.97 Å². The van der Waals surface area contributed by atoms with Crippen LogP contribution in [0.2, 0.25) is 0 Å². The highest BCUT2D eigenvalue weighted by Gasteiger charge is 2.14. The van der Waals surface area contributed by atoms with Gasteiger partial charge in [0, 0.05) is 23.8 Å². The quantitative estimate of drug-likeness (QED) is 0.414. The lowest BCUT2D eigenvalue weighted by atomic mass is 10.1. The molecule has 0 aliphatic heterocycles. The van der Waals surface area contributed by atoms with Gasteiger partial charge in [-0.1, -0.05) is 24.3 Å². The van der Waals surface area contributed by atoms with Gasteiger partial charge < -0.3 is 10.1 Å². The molecule has 0 unspecified atom stereocenters. The Kier molecular flexibility index (Phi) is 5.77. The first-order chi connectivity index (χ1) is 14.1. The third-order valence-corrected chi connectivity index (χ3v) is 5.89. The molecule has 1 N–H and O–H groups in total. The summed E-state index contributed by atoms with van der Waals surface area (Å²) in [5, 5.41) is 5.75. The molecule has 0 atom stereocenters. The third kappa shape index (κ3) is 4.75. The summed E-state index contributed by atoms with van der Waals surface area (Å²) in [4.78, 5) is 21.1. The molecule has 29 heavy (non-hydrogen) atoms. The summed E-state index contributed by atoms with van der Waals surface area (Å²) in [6.07, 6.45) is 0.814. The van der Waals surface area contributed by atoms with E-state index >= 15 is 0 Å². The number of nitrogens with one attached hydrogen (secondary N) is 1. The molecule has 0 aliphatic carbocycles. The van der Waals surface area contributed by atoms with Crippen LogP contribution in [0.1, 0.15) is 11.4 Å². The number of halogens is 2. The minimum Gasteiger partial charge on any atom is -0.434 e. The maximum absolute atomic E-state index is 12.6. The van der Waals surface area contributed by atoms with Crippen LogP contribution in [0.5, 0.6) is 5.75 Å². The van der Waals surface area contributed by atoms with Crippen molar-refractivity contribution in [3.05, 3.63) is 58.9 Å². The Morgan fingerprint density at radius 3 is 2.72 bits per heavy atom. The number of carbonyl (C=O) groups is 1. The van der Waals surface area contributed by atoms with Gasteiger partial charge in [0.05, 0.1) is 20.9 Å². The topological polar surface area (TPSA) is 64.1 Å². The van der Waals surface area contributed by atoms with Crippen molar-refractivity contribution in [3.63, 3.8) is 0 Å². The van der Waals surface area contributed by atoms with E-state index in [1.165, 1.54) is 17.4 Å². The SMILES string of the molecule is O=C(CCc1nc2ccccc2s1)Nc1nc(-c2ccccc2OC(F)F)cs1. The van der Waals surface area contributed by atoms with Crippen LogP contribution in [0.3, 0.4) is 0 Å². The molecule has 4 aromatic rings. The van der Waals surface area contributed by atoms with Gasteiger partial charge in [-0.2, -0.15) is 8.78 Å². The lowest BCUT2D eigenvalue weighted by molar-refractivity contribution is -0.116. The zero-order chi connectivity index (χ0) is 20.2. The predicted molar refractivity (Wildman–Crippen MR) is 111 cm³/mol. The van der Waals surface area contributed by atoms with Crippen LogP contribution in [0.4, 0.5) is 13.9 Å². The molecule has 0 spiro atoms. The zero-order valence-corrected chi connectivity index (χ0v) is 16.6. The van der Waals surface area contributed by atoms with Crippen molar-refractivity contribution in [1.82, 2.24) is 9.97 Å². The molecule has 2 aromatic carbocycles. The summed E-state index contributed by atoms with van der Waals surface area (Å²) in [5.41, 5.74) is 1.84. The lowest BCUT2D eigenvalue weighted by Gasteiger charge is -2.08. The number of aryl methyl sites for hydroxylation is 1. The van der Waals surface area contributed by atoms with E-state index in [0.29, 0.717) is 22.8 Å². The Balaban J connectivity index is 1.39. The number of benzene rings is 2. The predicted octanol–water partition coefficient (Wildman–Crippen LogP) is 5.59. The van der Waals surface area contributed by atoms with Crippen molar-refractivity contribution < 1.29 is 18.3 Å². The van der Waals surface area contributed by atoms with Gasteiger partial charge in [-0.15, -0.1) is 22.7 Å². The molecule has 5 nitrogen and oxygen atoms in total. The fourth-order valence-electron chi connectivity index (χ4n) is 2.76. The molecule has 148 valence electrons. The molecule has 0 saturated heterocycles. The molecular formula is C20H15F2N3O2S2.